The van der Waals surface area contributed by atoms with Crippen molar-refractivity contribution in [2.24, 2.45) is 7.05 Å². The number of anilines is 1. The maximum Gasteiger partial charge on any atom is 0.274 e. The van der Waals surface area contributed by atoms with Gasteiger partial charge < -0.3 is 15.8 Å². The van der Waals surface area contributed by atoms with Crippen LogP contribution in [0.15, 0.2) is 6.20 Å². The molecule has 6 nitrogen and oxygen atoms in total. The van der Waals surface area contributed by atoms with Gasteiger partial charge in [0.2, 0.25) is 0 Å². The van der Waals surface area contributed by atoms with Crippen molar-refractivity contribution >= 4 is 11.6 Å². The quantitative estimate of drug-likeness (QED) is 0.682. The summed E-state index contributed by atoms with van der Waals surface area (Å²) in [6.45, 7) is 3.82. The number of amides is 1. The van der Waals surface area contributed by atoms with E-state index in [2.05, 4.69) is 17.3 Å². The fourth-order valence-electron chi connectivity index (χ4n) is 1.35. The van der Waals surface area contributed by atoms with Crippen molar-refractivity contribution in [1.29, 1.82) is 0 Å². The zero-order valence-corrected chi connectivity index (χ0v) is 10.4. The largest absolute Gasteiger partial charge is 0.396 e. The third-order valence-electron chi connectivity index (χ3n) is 2.25. The monoisotopic (exact) mass is 240 g/mol. The van der Waals surface area contributed by atoms with Crippen molar-refractivity contribution in [3.63, 3.8) is 0 Å². The molecule has 0 aliphatic rings. The SMILES string of the molecule is CCCCOCCNC(=O)c1nn(C)cc1N. The van der Waals surface area contributed by atoms with Gasteiger partial charge in [-0.3, -0.25) is 9.48 Å². The number of hydrogen-bond donors (Lipinski definition) is 2. The smallest absolute Gasteiger partial charge is 0.274 e. The Hall–Kier alpha value is -1.56. The van der Waals surface area contributed by atoms with Crippen molar-refractivity contribution < 1.29 is 9.53 Å². The van der Waals surface area contributed by atoms with E-state index in [4.69, 9.17) is 10.5 Å². The molecule has 0 saturated heterocycles. The number of ether oxygens (including phenoxy) is 1. The number of carbonyl (C=O) groups excluding carboxylic acids is 1. The van der Waals surface area contributed by atoms with Crippen molar-refractivity contribution in [3.8, 4) is 0 Å². The molecule has 0 aliphatic heterocycles. The minimum Gasteiger partial charge on any atom is -0.396 e. The standard InChI is InChI=1S/C11H20N4O2/c1-3-4-6-17-7-5-13-11(16)10-9(12)8-15(2)14-10/h8H,3-7,12H2,1-2H3,(H,13,16). The molecular formula is C11H20N4O2. The molecule has 1 aromatic heterocycles. The molecule has 0 saturated carbocycles. The van der Waals surface area contributed by atoms with Gasteiger partial charge in [-0.05, 0) is 6.42 Å². The van der Waals surface area contributed by atoms with Crippen LogP contribution in [0.25, 0.3) is 0 Å². The summed E-state index contributed by atoms with van der Waals surface area (Å²) >= 11 is 0. The van der Waals surface area contributed by atoms with Gasteiger partial charge in [0, 0.05) is 26.4 Å². The molecule has 0 spiro atoms. The maximum atomic E-state index is 11.6. The first-order chi connectivity index (χ1) is 8.15. The average molecular weight is 240 g/mol. The van der Waals surface area contributed by atoms with E-state index in [1.54, 1.807) is 13.2 Å². The predicted molar refractivity (Wildman–Crippen MR) is 65.7 cm³/mol. The van der Waals surface area contributed by atoms with Crippen LogP contribution in [0, 0.1) is 0 Å². The predicted octanol–water partition coefficient (Wildman–Crippen LogP) is 0.549. The fourth-order valence-corrected chi connectivity index (χ4v) is 1.35. The summed E-state index contributed by atoms with van der Waals surface area (Å²) < 4.78 is 6.84. The molecule has 96 valence electrons. The second kappa shape index (κ2) is 6.90. The van der Waals surface area contributed by atoms with Crippen LogP contribution in [0.3, 0.4) is 0 Å². The van der Waals surface area contributed by atoms with E-state index >= 15 is 0 Å². The van der Waals surface area contributed by atoms with Crippen LogP contribution in [0.4, 0.5) is 5.69 Å². The van der Waals surface area contributed by atoms with Crippen molar-refractivity contribution in [1.82, 2.24) is 15.1 Å². The van der Waals surface area contributed by atoms with Gasteiger partial charge in [0.05, 0.1) is 12.3 Å². The summed E-state index contributed by atoms with van der Waals surface area (Å²) in [6.07, 6.45) is 3.75. The number of aryl methyl sites for hydroxylation is 1. The van der Waals surface area contributed by atoms with E-state index in [1.807, 2.05) is 0 Å². The number of hydrogen-bond acceptors (Lipinski definition) is 4. The summed E-state index contributed by atoms with van der Waals surface area (Å²) in [5.74, 6) is -0.262. The molecular weight excluding hydrogens is 220 g/mol. The van der Waals surface area contributed by atoms with Gasteiger partial charge in [-0.15, -0.1) is 0 Å². The first-order valence-electron chi connectivity index (χ1n) is 5.80. The first kappa shape index (κ1) is 13.5. The number of nitrogens with zero attached hydrogens (tertiary/aromatic N) is 2. The molecule has 3 N–H and O–H groups in total. The van der Waals surface area contributed by atoms with Crippen LogP contribution in [0.2, 0.25) is 0 Å². The van der Waals surface area contributed by atoms with E-state index < -0.39 is 0 Å². The van der Waals surface area contributed by atoms with Gasteiger partial charge in [0.15, 0.2) is 5.69 Å². The third kappa shape index (κ3) is 4.44. The lowest BCUT2D eigenvalue weighted by Crippen LogP contribution is -2.28. The molecule has 0 fully saturated rings. The molecule has 1 amide bonds. The Morgan fingerprint density at radius 3 is 2.94 bits per heavy atom. The number of unbranched alkanes of at least 4 members (excludes halogenated alkanes) is 1. The minimum atomic E-state index is -0.262. The topological polar surface area (TPSA) is 82.2 Å². The van der Waals surface area contributed by atoms with Crippen LogP contribution in [0.1, 0.15) is 30.3 Å². The number of nitrogens with two attached hydrogens (primary N) is 1. The summed E-state index contributed by atoms with van der Waals surface area (Å²) in [5.41, 5.74) is 6.29. The van der Waals surface area contributed by atoms with Crippen LogP contribution in [-0.2, 0) is 11.8 Å². The lowest BCUT2D eigenvalue weighted by Gasteiger charge is -2.04. The third-order valence-corrected chi connectivity index (χ3v) is 2.25. The van der Waals surface area contributed by atoms with Crippen molar-refractivity contribution in [2.45, 2.75) is 19.8 Å². The molecule has 1 heterocycles. The summed E-state index contributed by atoms with van der Waals surface area (Å²) in [5, 5.41) is 6.69. The molecule has 0 radical (unpaired) electrons. The Morgan fingerprint density at radius 2 is 2.35 bits per heavy atom. The lowest BCUT2D eigenvalue weighted by atomic mass is 10.3. The molecule has 0 atom stereocenters. The highest BCUT2D eigenvalue weighted by molar-refractivity contribution is 5.96. The van der Waals surface area contributed by atoms with Gasteiger partial charge in [0.1, 0.15) is 0 Å². The highest BCUT2D eigenvalue weighted by Crippen LogP contribution is 2.06. The zero-order valence-electron chi connectivity index (χ0n) is 10.4. The lowest BCUT2D eigenvalue weighted by molar-refractivity contribution is 0.0908. The second-order valence-electron chi connectivity index (χ2n) is 3.83. The number of carbonyl (C=O) groups is 1. The minimum absolute atomic E-state index is 0.262. The zero-order chi connectivity index (χ0) is 12.7. The van der Waals surface area contributed by atoms with Crippen LogP contribution in [0.5, 0.6) is 0 Å². The normalized spacial score (nSPS) is 10.5. The molecule has 17 heavy (non-hydrogen) atoms. The van der Waals surface area contributed by atoms with E-state index in [1.165, 1.54) is 4.68 Å². The molecule has 0 bridgehead atoms. The van der Waals surface area contributed by atoms with Gasteiger partial charge >= 0.3 is 0 Å². The van der Waals surface area contributed by atoms with Gasteiger partial charge in [-0.25, -0.2) is 0 Å². The van der Waals surface area contributed by atoms with Gasteiger partial charge in [0.25, 0.3) is 5.91 Å². The molecule has 1 aromatic rings. The number of aromatic nitrogens is 2. The number of nitrogen functional groups attached to an aromatic ring is 1. The Labute approximate surface area is 101 Å². The van der Waals surface area contributed by atoms with E-state index in [-0.39, 0.29) is 11.6 Å². The average Bonchev–Trinajstić information content (AvgIpc) is 2.62. The summed E-state index contributed by atoms with van der Waals surface area (Å²) in [6, 6.07) is 0. The van der Waals surface area contributed by atoms with Gasteiger partial charge in [-0.2, -0.15) is 5.10 Å². The fraction of sp³-hybridized carbons (Fsp3) is 0.636. The number of rotatable bonds is 7. The van der Waals surface area contributed by atoms with Crippen LogP contribution >= 0.6 is 0 Å². The molecule has 6 heteroatoms. The highest BCUT2D eigenvalue weighted by Gasteiger charge is 2.12. The summed E-state index contributed by atoms with van der Waals surface area (Å²) in [7, 11) is 1.72. The van der Waals surface area contributed by atoms with Crippen molar-refractivity contribution in [3.05, 3.63) is 11.9 Å². The number of nitrogens with one attached hydrogen (secondary N) is 1. The Balaban J connectivity index is 2.23. The van der Waals surface area contributed by atoms with Crippen LogP contribution in [-0.4, -0.2) is 35.4 Å². The van der Waals surface area contributed by atoms with Crippen molar-refractivity contribution in [2.75, 3.05) is 25.5 Å². The Bertz CT molecular complexity index is 362. The molecule has 0 aromatic carbocycles. The Kier molecular flexibility index (Phi) is 5.48. The first-order valence-corrected chi connectivity index (χ1v) is 5.80. The highest BCUT2D eigenvalue weighted by atomic mass is 16.5. The van der Waals surface area contributed by atoms with E-state index in [0.717, 1.165) is 19.4 Å². The second-order valence-corrected chi connectivity index (χ2v) is 3.83. The van der Waals surface area contributed by atoms with E-state index in [9.17, 15) is 4.79 Å². The van der Waals surface area contributed by atoms with Crippen LogP contribution < -0.4 is 11.1 Å². The molecule has 1 rings (SSSR count). The Morgan fingerprint density at radius 1 is 1.59 bits per heavy atom. The van der Waals surface area contributed by atoms with Gasteiger partial charge in [-0.1, -0.05) is 13.3 Å². The maximum absolute atomic E-state index is 11.6. The molecule has 0 unspecified atom stereocenters. The summed E-state index contributed by atoms with van der Waals surface area (Å²) in [4.78, 5) is 11.6. The van der Waals surface area contributed by atoms with E-state index in [0.29, 0.717) is 18.8 Å². The molecule has 0 aliphatic carbocycles.